The Morgan fingerprint density at radius 1 is 0.833 bits per heavy atom. The highest BCUT2D eigenvalue weighted by Crippen LogP contribution is 2.69. The number of hydrogen-bond donors (Lipinski definition) is 1. The lowest BCUT2D eigenvalue weighted by Crippen LogP contribution is -2.57. The van der Waals surface area contributed by atoms with E-state index < -0.39 is 45.3 Å². The minimum atomic E-state index is -1.30. The number of carbonyl (C=O) groups is 3. The van der Waals surface area contributed by atoms with Gasteiger partial charge in [-0.3, -0.25) is 19.3 Å². The first-order valence-corrected chi connectivity index (χ1v) is 12.8. The van der Waals surface area contributed by atoms with Crippen LogP contribution >= 0.6 is 46.4 Å². The maximum atomic E-state index is 14.0. The van der Waals surface area contributed by atoms with E-state index in [1.165, 1.54) is 13.0 Å². The Labute approximate surface area is 227 Å². The van der Waals surface area contributed by atoms with Crippen molar-refractivity contribution in [1.29, 1.82) is 0 Å². The van der Waals surface area contributed by atoms with Crippen LogP contribution in [0, 0.1) is 11.8 Å². The van der Waals surface area contributed by atoms with Gasteiger partial charge >= 0.3 is 0 Å². The third-order valence-corrected chi connectivity index (χ3v) is 9.42. The van der Waals surface area contributed by atoms with Crippen molar-refractivity contribution in [2.45, 2.75) is 22.7 Å². The molecule has 0 aromatic heterocycles. The fourth-order valence-electron chi connectivity index (χ4n) is 6.02. The van der Waals surface area contributed by atoms with E-state index in [-0.39, 0.29) is 10.7 Å². The van der Waals surface area contributed by atoms with Crippen LogP contribution in [0.25, 0.3) is 0 Å². The topological polar surface area (TPSA) is 66.5 Å². The first kappa shape index (κ1) is 23.8. The number of rotatable bonds is 3. The van der Waals surface area contributed by atoms with E-state index in [1.54, 1.807) is 12.1 Å². The molecule has 4 aliphatic rings. The molecule has 1 saturated heterocycles. The Hall–Kier alpha value is -2.57. The highest BCUT2D eigenvalue weighted by molar-refractivity contribution is 6.37. The molecule has 0 saturated carbocycles. The van der Waals surface area contributed by atoms with Crippen LogP contribution in [0.3, 0.4) is 0 Å². The lowest BCUT2D eigenvalue weighted by atomic mass is 9.54. The number of alkyl halides is 2. The molecule has 3 atom stereocenters. The van der Waals surface area contributed by atoms with Crippen LogP contribution in [0.15, 0.2) is 66.7 Å². The lowest BCUT2D eigenvalue weighted by molar-refractivity contribution is -0.146. The number of hydrogen-bond acceptors (Lipinski definition) is 3. The van der Waals surface area contributed by atoms with Crippen LogP contribution in [-0.4, -0.2) is 28.7 Å². The molecule has 5 nitrogen and oxygen atoms in total. The molecule has 0 unspecified atom stereocenters. The number of imide groups is 1. The molecule has 3 amide bonds. The van der Waals surface area contributed by atoms with E-state index in [4.69, 9.17) is 46.4 Å². The molecule has 1 aliphatic heterocycles. The Bertz CT molecular complexity index is 1370. The van der Waals surface area contributed by atoms with Crippen LogP contribution in [0.1, 0.15) is 29.2 Å². The summed E-state index contributed by atoms with van der Waals surface area (Å²) in [5.41, 5.74) is 3.08. The van der Waals surface area contributed by atoms with Gasteiger partial charge in [0.2, 0.25) is 17.7 Å². The van der Waals surface area contributed by atoms with E-state index in [2.05, 4.69) is 5.32 Å². The van der Waals surface area contributed by atoms with Gasteiger partial charge in [0.25, 0.3) is 0 Å². The SMILES string of the molecule is C[C@H](C(=O)Nc1cc(Cl)ccc1Cl)N1C(=O)[C@H]2[C@H](C1=O)C1(Cl)c3ccccc3C2(Cl)c2ccccc21. The van der Waals surface area contributed by atoms with Crippen molar-refractivity contribution < 1.29 is 14.4 Å². The summed E-state index contributed by atoms with van der Waals surface area (Å²) in [5, 5.41) is 3.33. The molecule has 1 heterocycles. The van der Waals surface area contributed by atoms with Crippen LogP contribution in [0.4, 0.5) is 5.69 Å². The molecule has 3 aliphatic carbocycles. The molecule has 7 rings (SSSR count). The zero-order valence-corrected chi connectivity index (χ0v) is 21.8. The van der Waals surface area contributed by atoms with Gasteiger partial charge in [-0.2, -0.15) is 0 Å². The summed E-state index contributed by atoms with van der Waals surface area (Å²) in [6, 6.07) is 18.2. The number of halogens is 4. The number of amides is 3. The molecule has 3 aromatic carbocycles. The van der Waals surface area contributed by atoms with E-state index in [0.29, 0.717) is 27.3 Å². The van der Waals surface area contributed by atoms with Crippen LogP contribution in [-0.2, 0) is 24.1 Å². The zero-order valence-electron chi connectivity index (χ0n) is 18.8. The summed E-state index contributed by atoms with van der Waals surface area (Å²) >= 11 is 27.0. The Balaban J connectivity index is 1.45. The van der Waals surface area contributed by atoms with Crippen molar-refractivity contribution in [3.8, 4) is 0 Å². The van der Waals surface area contributed by atoms with Crippen molar-refractivity contribution in [2.24, 2.45) is 11.8 Å². The first-order valence-electron chi connectivity index (χ1n) is 11.3. The standard InChI is InChI=1S/C27H18Cl4N2O3/c1-13(23(34)32-20-12-14(28)10-11-19(20)29)33-24(35)21-22(25(33)36)27(31)16-7-3-2-6-15(16)26(21,30)17-8-4-5-9-18(17)27/h2-13,21-22H,1H3,(H,32,34)/t13-,21-,22-,26?,27?/m1/s1. The zero-order chi connectivity index (χ0) is 25.6. The maximum absolute atomic E-state index is 14.0. The summed E-state index contributed by atoms with van der Waals surface area (Å²) in [7, 11) is 0. The average molecular weight is 560 g/mol. The number of likely N-dealkylation sites (tertiary alicyclic amines) is 1. The van der Waals surface area contributed by atoms with Gasteiger partial charge in [0.1, 0.15) is 15.8 Å². The highest BCUT2D eigenvalue weighted by Gasteiger charge is 2.73. The van der Waals surface area contributed by atoms with Gasteiger partial charge in [0.05, 0.1) is 22.5 Å². The molecule has 182 valence electrons. The van der Waals surface area contributed by atoms with Gasteiger partial charge in [-0.05, 0) is 47.4 Å². The fraction of sp³-hybridized carbons (Fsp3) is 0.222. The van der Waals surface area contributed by atoms with Crippen molar-refractivity contribution in [3.05, 3.63) is 99.0 Å². The van der Waals surface area contributed by atoms with E-state index >= 15 is 0 Å². The minimum absolute atomic E-state index is 0.274. The van der Waals surface area contributed by atoms with Gasteiger partial charge in [-0.1, -0.05) is 71.7 Å². The van der Waals surface area contributed by atoms with Crippen LogP contribution in [0.5, 0.6) is 0 Å². The minimum Gasteiger partial charge on any atom is -0.323 e. The predicted molar refractivity (Wildman–Crippen MR) is 140 cm³/mol. The van der Waals surface area contributed by atoms with Crippen molar-refractivity contribution >= 4 is 69.8 Å². The van der Waals surface area contributed by atoms with Crippen LogP contribution < -0.4 is 5.32 Å². The smallest absolute Gasteiger partial charge is 0.247 e. The summed E-state index contributed by atoms with van der Waals surface area (Å²) < 4.78 is 0. The summed E-state index contributed by atoms with van der Waals surface area (Å²) in [5.74, 6) is -3.60. The summed E-state index contributed by atoms with van der Waals surface area (Å²) in [6.07, 6.45) is 0. The average Bonchev–Trinajstić information content (AvgIpc) is 3.15. The second-order valence-electron chi connectivity index (χ2n) is 9.31. The molecular formula is C27H18Cl4N2O3. The van der Waals surface area contributed by atoms with Gasteiger partial charge in [-0.25, -0.2) is 0 Å². The van der Waals surface area contributed by atoms with Crippen LogP contribution in [0.2, 0.25) is 10.0 Å². The second-order valence-corrected chi connectivity index (χ2v) is 11.3. The normalized spacial score (nSPS) is 28.4. The van der Waals surface area contributed by atoms with E-state index in [0.717, 1.165) is 4.90 Å². The molecule has 3 aromatic rings. The van der Waals surface area contributed by atoms with Gasteiger partial charge in [0, 0.05) is 5.02 Å². The lowest BCUT2D eigenvalue weighted by Gasteiger charge is -2.54. The molecule has 1 fully saturated rings. The van der Waals surface area contributed by atoms with Crippen molar-refractivity contribution in [3.63, 3.8) is 0 Å². The molecular weight excluding hydrogens is 542 g/mol. The largest absolute Gasteiger partial charge is 0.323 e. The molecule has 36 heavy (non-hydrogen) atoms. The van der Waals surface area contributed by atoms with Gasteiger partial charge < -0.3 is 5.32 Å². The highest BCUT2D eigenvalue weighted by atomic mass is 35.5. The number of benzene rings is 3. The quantitative estimate of drug-likeness (QED) is 0.320. The number of nitrogens with zero attached hydrogens (tertiary/aromatic N) is 1. The third-order valence-electron chi connectivity index (χ3n) is 7.57. The Morgan fingerprint density at radius 2 is 1.28 bits per heavy atom. The number of carbonyl (C=O) groups excluding carboxylic acids is 3. The summed E-state index contributed by atoms with van der Waals surface area (Å²) in [6.45, 7) is 1.49. The molecule has 1 N–H and O–H groups in total. The number of anilines is 1. The van der Waals surface area contributed by atoms with Crippen molar-refractivity contribution in [2.75, 3.05) is 5.32 Å². The van der Waals surface area contributed by atoms with Crippen molar-refractivity contribution in [1.82, 2.24) is 4.90 Å². The predicted octanol–water partition coefficient (Wildman–Crippen LogP) is 5.91. The molecule has 0 radical (unpaired) electrons. The molecule has 0 spiro atoms. The number of nitrogens with one attached hydrogen (secondary N) is 1. The monoisotopic (exact) mass is 558 g/mol. The summed E-state index contributed by atoms with van der Waals surface area (Å²) in [4.78, 5) is 39.5. The molecule has 2 bridgehead atoms. The second kappa shape index (κ2) is 7.96. The van der Waals surface area contributed by atoms with E-state index in [9.17, 15) is 14.4 Å². The Kier molecular flexibility index (Phi) is 5.27. The fourth-order valence-corrected chi connectivity index (χ4v) is 7.45. The van der Waals surface area contributed by atoms with E-state index in [1.807, 2.05) is 48.5 Å². The molecule has 9 heteroatoms. The maximum Gasteiger partial charge on any atom is 0.247 e. The third kappa shape index (κ3) is 2.89. The Morgan fingerprint density at radius 3 is 1.72 bits per heavy atom. The van der Waals surface area contributed by atoms with Gasteiger partial charge in [0.15, 0.2) is 0 Å². The van der Waals surface area contributed by atoms with Gasteiger partial charge in [-0.15, -0.1) is 23.2 Å². The first-order chi connectivity index (χ1) is 17.1.